The van der Waals surface area contributed by atoms with Gasteiger partial charge in [-0.3, -0.25) is 4.68 Å². The lowest BCUT2D eigenvalue weighted by Crippen LogP contribution is -2.14. The molecule has 0 atom stereocenters. The van der Waals surface area contributed by atoms with E-state index in [-0.39, 0.29) is 5.41 Å². The number of nitriles is 1. The van der Waals surface area contributed by atoms with Gasteiger partial charge in [-0.15, -0.1) is 6.58 Å². The predicted molar refractivity (Wildman–Crippen MR) is 68.0 cm³/mol. The standard InChI is InChI=1S/C12H16BrN3/c1-5-6-16-10(7-12(2,3)4)11(13)9(8-14)15-16/h5H,1,6-7H2,2-4H3. The molecule has 0 saturated carbocycles. The van der Waals surface area contributed by atoms with Gasteiger partial charge in [-0.2, -0.15) is 10.4 Å². The molecule has 1 aromatic heterocycles. The summed E-state index contributed by atoms with van der Waals surface area (Å²) in [5.41, 5.74) is 1.67. The molecule has 0 aliphatic rings. The van der Waals surface area contributed by atoms with E-state index in [9.17, 15) is 0 Å². The Balaban J connectivity index is 3.18. The molecular formula is C12H16BrN3. The van der Waals surface area contributed by atoms with Gasteiger partial charge in [-0.1, -0.05) is 26.8 Å². The van der Waals surface area contributed by atoms with E-state index in [1.807, 2.05) is 4.68 Å². The van der Waals surface area contributed by atoms with Crippen molar-refractivity contribution >= 4 is 15.9 Å². The van der Waals surface area contributed by atoms with Crippen LogP contribution in [0.4, 0.5) is 0 Å². The van der Waals surface area contributed by atoms with Crippen molar-refractivity contribution in [1.29, 1.82) is 5.26 Å². The summed E-state index contributed by atoms with van der Waals surface area (Å²) in [4.78, 5) is 0. The van der Waals surface area contributed by atoms with Crippen LogP contribution in [0.5, 0.6) is 0 Å². The normalized spacial score (nSPS) is 11.2. The van der Waals surface area contributed by atoms with Crippen molar-refractivity contribution in [2.45, 2.75) is 33.7 Å². The maximum Gasteiger partial charge on any atom is 0.176 e. The molecule has 0 spiro atoms. The van der Waals surface area contributed by atoms with E-state index in [0.717, 1.165) is 16.6 Å². The van der Waals surface area contributed by atoms with Gasteiger partial charge in [0.1, 0.15) is 6.07 Å². The predicted octanol–water partition coefficient (Wildman–Crippen LogP) is 3.29. The zero-order valence-electron chi connectivity index (χ0n) is 9.92. The van der Waals surface area contributed by atoms with Crippen LogP contribution in [-0.2, 0) is 13.0 Å². The second-order valence-corrected chi connectivity index (χ2v) is 5.72. The van der Waals surface area contributed by atoms with Gasteiger partial charge >= 0.3 is 0 Å². The van der Waals surface area contributed by atoms with E-state index in [1.165, 1.54) is 0 Å². The van der Waals surface area contributed by atoms with E-state index in [1.54, 1.807) is 6.08 Å². The van der Waals surface area contributed by atoms with Crippen LogP contribution in [0.25, 0.3) is 0 Å². The second-order valence-electron chi connectivity index (χ2n) is 4.93. The molecule has 0 amide bonds. The Hall–Kier alpha value is -1.08. The lowest BCUT2D eigenvalue weighted by atomic mass is 9.90. The number of hydrogen-bond donors (Lipinski definition) is 0. The number of halogens is 1. The third-order valence-corrected chi connectivity index (χ3v) is 2.93. The molecule has 4 heteroatoms. The van der Waals surface area contributed by atoms with Crippen molar-refractivity contribution in [2.75, 3.05) is 0 Å². The minimum atomic E-state index is 0.161. The van der Waals surface area contributed by atoms with Crippen LogP contribution in [0.3, 0.4) is 0 Å². The van der Waals surface area contributed by atoms with E-state index in [4.69, 9.17) is 5.26 Å². The number of aromatic nitrogens is 2. The van der Waals surface area contributed by atoms with E-state index >= 15 is 0 Å². The highest BCUT2D eigenvalue weighted by atomic mass is 79.9. The first-order valence-corrected chi connectivity index (χ1v) is 5.94. The van der Waals surface area contributed by atoms with Gasteiger partial charge in [-0.05, 0) is 27.8 Å². The Labute approximate surface area is 105 Å². The van der Waals surface area contributed by atoms with Crippen LogP contribution in [0.1, 0.15) is 32.2 Å². The van der Waals surface area contributed by atoms with E-state index in [2.05, 4.69) is 54.4 Å². The molecule has 1 rings (SSSR count). The van der Waals surface area contributed by atoms with Crippen LogP contribution < -0.4 is 0 Å². The van der Waals surface area contributed by atoms with Crippen LogP contribution in [-0.4, -0.2) is 9.78 Å². The van der Waals surface area contributed by atoms with E-state index < -0.39 is 0 Å². The molecule has 0 aromatic carbocycles. The molecule has 0 bridgehead atoms. The molecule has 0 aliphatic carbocycles. The first-order chi connectivity index (χ1) is 7.39. The van der Waals surface area contributed by atoms with Crippen LogP contribution in [0.2, 0.25) is 0 Å². The fourth-order valence-corrected chi connectivity index (χ4v) is 2.00. The Morgan fingerprint density at radius 2 is 2.19 bits per heavy atom. The molecule has 1 heterocycles. The SMILES string of the molecule is C=CCn1nc(C#N)c(Br)c1CC(C)(C)C. The zero-order chi connectivity index (χ0) is 12.3. The quantitative estimate of drug-likeness (QED) is 0.798. The van der Waals surface area contributed by atoms with E-state index in [0.29, 0.717) is 12.2 Å². The fraction of sp³-hybridized carbons (Fsp3) is 0.500. The van der Waals surface area contributed by atoms with Crippen molar-refractivity contribution in [3.63, 3.8) is 0 Å². The lowest BCUT2D eigenvalue weighted by Gasteiger charge is -2.18. The average molecular weight is 282 g/mol. The molecule has 0 unspecified atom stereocenters. The highest BCUT2D eigenvalue weighted by Gasteiger charge is 2.20. The van der Waals surface area contributed by atoms with Gasteiger partial charge in [0.15, 0.2) is 5.69 Å². The van der Waals surface area contributed by atoms with Gasteiger partial charge in [-0.25, -0.2) is 0 Å². The topological polar surface area (TPSA) is 41.6 Å². The summed E-state index contributed by atoms with van der Waals surface area (Å²) in [7, 11) is 0. The molecule has 3 nitrogen and oxygen atoms in total. The average Bonchev–Trinajstić information content (AvgIpc) is 2.44. The highest BCUT2D eigenvalue weighted by Crippen LogP contribution is 2.28. The molecule has 86 valence electrons. The molecule has 0 N–H and O–H groups in total. The molecule has 16 heavy (non-hydrogen) atoms. The van der Waals surface area contributed by atoms with Crippen LogP contribution in [0.15, 0.2) is 17.1 Å². The summed E-state index contributed by atoms with van der Waals surface area (Å²) in [5.74, 6) is 0. The highest BCUT2D eigenvalue weighted by molar-refractivity contribution is 9.10. The smallest absolute Gasteiger partial charge is 0.176 e. The Morgan fingerprint density at radius 3 is 2.62 bits per heavy atom. The number of nitrogens with zero attached hydrogens (tertiary/aromatic N) is 3. The summed E-state index contributed by atoms with van der Waals surface area (Å²) >= 11 is 3.44. The number of allylic oxidation sites excluding steroid dienone is 1. The third kappa shape index (κ3) is 2.96. The van der Waals surface area contributed by atoms with Crippen molar-refractivity contribution < 1.29 is 0 Å². The first-order valence-electron chi connectivity index (χ1n) is 5.15. The van der Waals surface area contributed by atoms with Crippen LogP contribution in [0, 0.1) is 16.7 Å². The zero-order valence-corrected chi connectivity index (χ0v) is 11.5. The maximum absolute atomic E-state index is 8.94. The minimum absolute atomic E-state index is 0.161. The number of rotatable bonds is 3. The molecule has 0 aliphatic heterocycles. The second kappa shape index (κ2) is 4.84. The molecule has 0 fully saturated rings. The maximum atomic E-state index is 8.94. The van der Waals surface area contributed by atoms with Crippen molar-refractivity contribution in [1.82, 2.24) is 9.78 Å². The third-order valence-electron chi connectivity index (χ3n) is 2.10. The van der Waals surface area contributed by atoms with Gasteiger partial charge in [0.25, 0.3) is 0 Å². The summed E-state index contributed by atoms with van der Waals surface area (Å²) in [6.45, 7) is 10.8. The lowest BCUT2D eigenvalue weighted by molar-refractivity contribution is 0.395. The van der Waals surface area contributed by atoms with Gasteiger partial charge < -0.3 is 0 Å². The van der Waals surface area contributed by atoms with Gasteiger partial charge in [0.05, 0.1) is 16.7 Å². The largest absolute Gasteiger partial charge is 0.263 e. The fourth-order valence-electron chi connectivity index (χ4n) is 1.49. The summed E-state index contributed by atoms with van der Waals surface area (Å²) in [6, 6.07) is 2.09. The van der Waals surface area contributed by atoms with Crippen molar-refractivity contribution in [3.05, 3.63) is 28.5 Å². The monoisotopic (exact) mass is 281 g/mol. The summed E-state index contributed by atoms with van der Waals surface area (Å²) < 4.78 is 2.65. The molecule has 0 saturated heterocycles. The number of hydrogen-bond acceptors (Lipinski definition) is 2. The Kier molecular flexibility index (Phi) is 3.93. The Morgan fingerprint density at radius 1 is 1.56 bits per heavy atom. The van der Waals surface area contributed by atoms with Crippen molar-refractivity contribution in [3.8, 4) is 6.07 Å². The molecule has 1 aromatic rings. The van der Waals surface area contributed by atoms with Crippen molar-refractivity contribution in [2.24, 2.45) is 5.41 Å². The van der Waals surface area contributed by atoms with Crippen LogP contribution >= 0.6 is 15.9 Å². The summed E-state index contributed by atoms with van der Waals surface area (Å²) in [6.07, 6.45) is 2.66. The van der Waals surface area contributed by atoms with Gasteiger partial charge in [0.2, 0.25) is 0 Å². The first kappa shape index (κ1) is 13.0. The molecule has 0 radical (unpaired) electrons. The van der Waals surface area contributed by atoms with Gasteiger partial charge in [0, 0.05) is 0 Å². The minimum Gasteiger partial charge on any atom is -0.263 e. The molecular weight excluding hydrogens is 266 g/mol. The Bertz CT molecular complexity index is 432. The summed E-state index contributed by atoms with van der Waals surface area (Å²) in [5, 5.41) is 13.2.